The Hall–Kier alpha value is -2.04. The first-order valence-electron chi connectivity index (χ1n) is 7.60. The Morgan fingerprint density at radius 1 is 1.38 bits per heavy atom. The molecule has 3 aliphatic heterocycles. The quantitative estimate of drug-likeness (QED) is 0.875. The highest BCUT2D eigenvalue weighted by Gasteiger charge is 2.45. The number of benzene rings is 1. The maximum Gasteiger partial charge on any atom is 0.232 e. The van der Waals surface area contributed by atoms with E-state index in [0.29, 0.717) is 6.04 Å². The Morgan fingerprint density at radius 3 is 3.05 bits per heavy atom. The summed E-state index contributed by atoms with van der Waals surface area (Å²) < 4.78 is 0. The number of likely N-dealkylation sites (tertiary alicyclic amines) is 1. The van der Waals surface area contributed by atoms with Crippen molar-refractivity contribution < 1.29 is 4.79 Å². The van der Waals surface area contributed by atoms with Crippen molar-refractivity contribution in [1.82, 2.24) is 10.2 Å². The molecule has 1 aromatic rings. The molecule has 21 heavy (non-hydrogen) atoms. The van der Waals surface area contributed by atoms with E-state index in [1.807, 2.05) is 11.0 Å². The van der Waals surface area contributed by atoms with Crippen LogP contribution in [-0.2, 0) is 4.79 Å². The number of nitrogens with one attached hydrogen (secondary N) is 1. The zero-order valence-electron chi connectivity index (χ0n) is 12.2. The van der Waals surface area contributed by atoms with Crippen LogP contribution in [0.1, 0.15) is 17.9 Å². The molecule has 1 saturated heterocycles. The van der Waals surface area contributed by atoms with E-state index in [1.54, 1.807) is 6.34 Å². The van der Waals surface area contributed by atoms with Gasteiger partial charge in [0.15, 0.2) is 0 Å². The SMILES string of the molecule is CN1c2ccccc2[C@@H]2C(=O)N(C[C@@H]3CN=CN3)CC[C@@H]21. The number of rotatable bonds is 2. The van der Waals surface area contributed by atoms with Gasteiger partial charge in [0.2, 0.25) is 5.91 Å². The number of para-hydroxylation sites is 1. The molecule has 0 spiro atoms. The van der Waals surface area contributed by atoms with Crippen LogP contribution < -0.4 is 10.2 Å². The van der Waals surface area contributed by atoms with Crippen LogP contribution >= 0.6 is 0 Å². The fourth-order valence-corrected chi connectivity index (χ4v) is 3.88. The summed E-state index contributed by atoms with van der Waals surface area (Å²) in [5.41, 5.74) is 2.40. The molecule has 110 valence electrons. The molecular formula is C16H20N4O. The minimum atomic E-state index is 0.00210. The summed E-state index contributed by atoms with van der Waals surface area (Å²) in [6.45, 7) is 2.37. The van der Waals surface area contributed by atoms with Gasteiger partial charge < -0.3 is 15.1 Å². The van der Waals surface area contributed by atoms with Crippen molar-refractivity contribution in [3.05, 3.63) is 29.8 Å². The van der Waals surface area contributed by atoms with Gasteiger partial charge in [0.1, 0.15) is 0 Å². The molecule has 1 amide bonds. The highest BCUT2D eigenvalue weighted by Crippen LogP contribution is 2.44. The summed E-state index contributed by atoms with van der Waals surface area (Å²) in [6.07, 6.45) is 2.79. The van der Waals surface area contributed by atoms with Gasteiger partial charge in [0.25, 0.3) is 0 Å². The topological polar surface area (TPSA) is 47.9 Å². The van der Waals surface area contributed by atoms with Crippen LogP contribution in [0, 0.1) is 0 Å². The van der Waals surface area contributed by atoms with E-state index in [1.165, 1.54) is 11.3 Å². The normalized spacial score (nSPS) is 30.3. The number of anilines is 1. The first kappa shape index (κ1) is 12.7. The van der Waals surface area contributed by atoms with E-state index in [9.17, 15) is 4.79 Å². The van der Waals surface area contributed by atoms with Crippen LogP contribution in [0.15, 0.2) is 29.3 Å². The number of likely N-dealkylation sites (N-methyl/N-ethyl adjacent to an activating group) is 1. The Balaban J connectivity index is 1.58. The second kappa shape index (κ2) is 4.76. The van der Waals surface area contributed by atoms with Crippen molar-refractivity contribution >= 4 is 17.9 Å². The van der Waals surface area contributed by atoms with E-state index in [2.05, 4.69) is 40.5 Å². The Morgan fingerprint density at radius 2 is 2.24 bits per heavy atom. The second-order valence-corrected chi connectivity index (χ2v) is 6.15. The third-order valence-corrected chi connectivity index (χ3v) is 4.97. The molecule has 1 aromatic carbocycles. The molecule has 1 fully saturated rings. The van der Waals surface area contributed by atoms with Gasteiger partial charge >= 0.3 is 0 Å². The number of carbonyl (C=O) groups excluding carboxylic acids is 1. The van der Waals surface area contributed by atoms with Crippen LogP contribution in [-0.4, -0.2) is 55.9 Å². The van der Waals surface area contributed by atoms with Gasteiger partial charge in [-0.3, -0.25) is 9.79 Å². The van der Waals surface area contributed by atoms with Crippen LogP contribution in [0.4, 0.5) is 5.69 Å². The van der Waals surface area contributed by atoms with Gasteiger partial charge in [0.05, 0.1) is 24.8 Å². The Labute approximate surface area is 124 Å². The van der Waals surface area contributed by atoms with Crippen LogP contribution in [0.3, 0.4) is 0 Å². The van der Waals surface area contributed by atoms with Gasteiger partial charge in [0, 0.05) is 31.9 Å². The summed E-state index contributed by atoms with van der Waals surface area (Å²) in [5, 5.41) is 3.22. The minimum absolute atomic E-state index is 0.00210. The molecule has 0 unspecified atom stereocenters. The molecule has 0 saturated carbocycles. The number of nitrogens with zero attached hydrogens (tertiary/aromatic N) is 3. The molecule has 3 heterocycles. The van der Waals surface area contributed by atoms with E-state index in [4.69, 9.17) is 0 Å². The lowest BCUT2D eigenvalue weighted by molar-refractivity contribution is -0.135. The number of amides is 1. The molecule has 4 rings (SSSR count). The van der Waals surface area contributed by atoms with Gasteiger partial charge in [-0.25, -0.2) is 0 Å². The number of aliphatic imine (C=N–C) groups is 1. The molecule has 5 nitrogen and oxygen atoms in total. The van der Waals surface area contributed by atoms with Crippen LogP contribution in [0.2, 0.25) is 0 Å². The van der Waals surface area contributed by atoms with Crippen LogP contribution in [0.5, 0.6) is 0 Å². The molecule has 0 aliphatic carbocycles. The van der Waals surface area contributed by atoms with E-state index >= 15 is 0 Å². The Bertz CT molecular complexity index is 592. The lowest BCUT2D eigenvalue weighted by Crippen LogP contribution is -2.52. The minimum Gasteiger partial charge on any atom is -0.370 e. The molecule has 0 radical (unpaired) electrons. The average Bonchev–Trinajstić information content (AvgIpc) is 3.10. The predicted molar refractivity (Wildman–Crippen MR) is 82.9 cm³/mol. The predicted octanol–water partition coefficient (Wildman–Crippen LogP) is 0.821. The second-order valence-electron chi connectivity index (χ2n) is 6.15. The summed E-state index contributed by atoms with van der Waals surface area (Å²) in [6, 6.07) is 8.91. The maximum atomic E-state index is 12.9. The molecule has 1 N–H and O–H groups in total. The number of piperidine rings is 1. The third kappa shape index (κ3) is 1.91. The molecular weight excluding hydrogens is 264 g/mol. The molecule has 5 heteroatoms. The zero-order valence-corrected chi connectivity index (χ0v) is 12.2. The lowest BCUT2D eigenvalue weighted by atomic mass is 9.88. The van der Waals surface area contributed by atoms with Crippen molar-refractivity contribution in [1.29, 1.82) is 0 Å². The molecule has 0 aromatic heterocycles. The van der Waals surface area contributed by atoms with E-state index in [0.717, 1.165) is 26.1 Å². The summed E-state index contributed by atoms with van der Waals surface area (Å²) >= 11 is 0. The summed E-state index contributed by atoms with van der Waals surface area (Å²) in [5.74, 6) is 0.277. The smallest absolute Gasteiger partial charge is 0.232 e. The van der Waals surface area contributed by atoms with Gasteiger partial charge in [-0.2, -0.15) is 0 Å². The summed E-state index contributed by atoms with van der Waals surface area (Å²) in [7, 11) is 2.11. The van der Waals surface area contributed by atoms with Gasteiger partial charge in [-0.15, -0.1) is 0 Å². The van der Waals surface area contributed by atoms with E-state index in [-0.39, 0.29) is 17.9 Å². The first-order chi connectivity index (χ1) is 10.3. The number of carbonyl (C=O) groups is 1. The van der Waals surface area contributed by atoms with Crippen LogP contribution in [0.25, 0.3) is 0 Å². The number of hydrogen-bond donors (Lipinski definition) is 1. The lowest BCUT2D eigenvalue weighted by Gasteiger charge is -2.38. The summed E-state index contributed by atoms with van der Waals surface area (Å²) in [4.78, 5) is 21.4. The monoisotopic (exact) mass is 284 g/mol. The number of fused-ring (bicyclic) bond motifs is 3. The van der Waals surface area contributed by atoms with Crippen molar-refractivity contribution in [2.75, 3.05) is 31.6 Å². The van der Waals surface area contributed by atoms with Crippen molar-refractivity contribution in [3.63, 3.8) is 0 Å². The van der Waals surface area contributed by atoms with Crippen molar-refractivity contribution in [2.45, 2.75) is 24.4 Å². The fraction of sp³-hybridized carbons (Fsp3) is 0.500. The van der Waals surface area contributed by atoms with Gasteiger partial charge in [-0.1, -0.05) is 18.2 Å². The average molecular weight is 284 g/mol. The van der Waals surface area contributed by atoms with E-state index < -0.39 is 0 Å². The third-order valence-electron chi connectivity index (χ3n) is 4.97. The zero-order chi connectivity index (χ0) is 14.4. The maximum absolute atomic E-state index is 12.9. The van der Waals surface area contributed by atoms with Gasteiger partial charge in [-0.05, 0) is 18.1 Å². The Kier molecular flexibility index (Phi) is 2.87. The standard InChI is InChI=1S/C16H20N4O/c1-19-13-5-3-2-4-12(13)15-14(19)6-7-20(16(15)21)9-11-8-17-10-18-11/h2-5,10-11,14-15H,6-9H2,1H3,(H,17,18)/t11-,14-,15-/m0/s1. The largest absolute Gasteiger partial charge is 0.370 e. The highest BCUT2D eigenvalue weighted by molar-refractivity contribution is 5.90. The molecule has 3 atom stereocenters. The van der Waals surface area contributed by atoms with Crippen molar-refractivity contribution in [2.24, 2.45) is 4.99 Å². The van der Waals surface area contributed by atoms with Crippen molar-refractivity contribution in [3.8, 4) is 0 Å². The fourth-order valence-electron chi connectivity index (χ4n) is 3.88. The first-order valence-corrected chi connectivity index (χ1v) is 7.60. The molecule has 0 bridgehead atoms. The number of hydrogen-bond acceptors (Lipinski definition) is 4. The molecule has 3 aliphatic rings. The highest BCUT2D eigenvalue weighted by atomic mass is 16.2.